The third-order valence-electron chi connectivity index (χ3n) is 2.81. The first kappa shape index (κ1) is 15.5. The van der Waals surface area contributed by atoms with E-state index >= 15 is 0 Å². The lowest BCUT2D eigenvalue weighted by Gasteiger charge is -2.10. The van der Waals surface area contributed by atoms with Gasteiger partial charge in [-0.15, -0.1) is 11.3 Å². The second-order valence-electron chi connectivity index (χ2n) is 4.29. The Morgan fingerprint density at radius 1 is 1.38 bits per heavy atom. The Hall–Kier alpha value is -1.87. The van der Waals surface area contributed by atoms with Crippen LogP contribution in [-0.4, -0.2) is 20.5 Å². The van der Waals surface area contributed by atoms with Crippen LogP contribution in [0.15, 0.2) is 17.0 Å². The minimum absolute atomic E-state index is 0.0932. The molecule has 0 bridgehead atoms. The summed E-state index contributed by atoms with van der Waals surface area (Å²) < 4.78 is 45.2. The number of nitrogens with two attached hydrogens (primary N) is 1. The number of anilines is 2. The predicted molar refractivity (Wildman–Crippen MR) is 79.8 cm³/mol. The van der Waals surface area contributed by atoms with Crippen LogP contribution in [0.25, 0.3) is 0 Å². The Morgan fingerprint density at radius 3 is 2.52 bits per heavy atom. The molecule has 3 N–H and O–H groups in total. The maximum absolute atomic E-state index is 13.7. The summed E-state index contributed by atoms with van der Waals surface area (Å²) in [6.45, 7) is 3.60. The van der Waals surface area contributed by atoms with Crippen LogP contribution in [0.4, 0.5) is 15.2 Å². The van der Waals surface area contributed by atoms with E-state index in [1.807, 2.05) is 6.92 Å². The largest absolute Gasteiger partial charge is 0.492 e. The van der Waals surface area contributed by atoms with Crippen molar-refractivity contribution in [3.05, 3.63) is 28.5 Å². The number of nitrogen functional groups attached to an aromatic ring is 1. The molecule has 0 aliphatic rings. The maximum atomic E-state index is 13.7. The van der Waals surface area contributed by atoms with Crippen LogP contribution in [-0.2, 0) is 10.0 Å². The van der Waals surface area contributed by atoms with Crippen molar-refractivity contribution in [1.29, 1.82) is 0 Å². The fraction of sp³-hybridized carbons (Fsp3) is 0.250. The Labute approximate surface area is 125 Å². The van der Waals surface area contributed by atoms with Gasteiger partial charge in [0.1, 0.15) is 0 Å². The highest BCUT2D eigenvalue weighted by Crippen LogP contribution is 2.30. The summed E-state index contributed by atoms with van der Waals surface area (Å²) in [5.41, 5.74) is 6.22. The summed E-state index contributed by atoms with van der Waals surface area (Å²) in [6.07, 6.45) is 0. The number of ether oxygens (including phenoxy) is 1. The molecule has 0 amide bonds. The van der Waals surface area contributed by atoms with Crippen LogP contribution >= 0.6 is 11.3 Å². The Morgan fingerprint density at radius 2 is 2.05 bits per heavy atom. The van der Waals surface area contributed by atoms with Gasteiger partial charge in [0, 0.05) is 4.88 Å². The summed E-state index contributed by atoms with van der Waals surface area (Å²) in [7, 11) is -2.71. The highest BCUT2D eigenvalue weighted by Gasteiger charge is 2.21. The normalized spacial score (nSPS) is 11.4. The molecular weight excluding hydrogens is 317 g/mol. The highest BCUT2D eigenvalue weighted by atomic mass is 32.2. The topological polar surface area (TPSA) is 94.3 Å². The molecule has 21 heavy (non-hydrogen) atoms. The number of rotatable bonds is 4. The van der Waals surface area contributed by atoms with Crippen LogP contribution in [0.5, 0.6) is 5.75 Å². The molecule has 0 radical (unpaired) electrons. The molecule has 0 spiro atoms. The van der Waals surface area contributed by atoms with E-state index in [1.165, 1.54) is 18.4 Å². The second kappa shape index (κ2) is 5.49. The fourth-order valence-corrected chi connectivity index (χ4v) is 3.75. The number of hydrogen-bond acceptors (Lipinski definition) is 6. The zero-order valence-corrected chi connectivity index (χ0v) is 13.2. The molecule has 0 fully saturated rings. The van der Waals surface area contributed by atoms with Gasteiger partial charge in [0.25, 0.3) is 10.0 Å². The van der Waals surface area contributed by atoms with E-state index < -0.39 is 15.8 Å². The third kappa shape index (κ3) is 3.08. The van der Waals surface area contributed by atoms with Gasteiger partial charge in [-0.2, -0.15) is 0 Å². The van der Waals surface area contributed by atoms with E-state index in [2.05, 4.69) is 9.71 Å². The standard InChI is InChI=1S/C12H14FN3O3S2/c1-6-7(2)20-12(15-6)16-21(17,18)8-4-9(13)11(19-3)10(14)5-8/h4-5H,14H2,1-3H3,(H,15,16). The molecule has 0 aliphatic heterocycles. The van der Waals surface area contributed by atoms with E-state index in [-0.39, 0.29) is 21.5 Å². The predicted octanol–water partition coefficient (Wildman–Crippen LogP) is 2.29. The Balaban J connectivity index is 2.40. The molecule has 0 aliphatic carbocycles. The quantitative estimate of drug-likeness (QED) is 0.838. The first-order valence-corrected chi connectivity index (χ1v) is 8.14. The number of thiazole rings is 1. The lowest BCUT2D eigenvalue weighted by molar-refractivity contribution is 0.388. The van der Waals surface area contributed by atoms with Crippen molar-refractivity contribution < 1.29 is 17.5 Å². The summed E-state index contributed by atoms with van der Waals surface area (Å²) in [6, 6.07) is 1.99. The maximum Gasteiger partial charge on any atom is 0.263 e. The third-order valence-corrected chi connectivity index (χ3v) is 5.25. The van der Waals surface area contributed by atoms with Crippen LogP contribution in [0, 0.1) is 19.7 Å². The number of nitrogens with one attached hydrogen (secondary N) is 1. The summed E-state index contributed by atoms with van der Waals surface area (Å²) in [5, 5.41) is 0.222. The van der Waals surface area contributed by atoms with Gasteiger partial charge in [-0.1, -0.05) is 0 Å². The van der Waals surface area contributed by atoms with Crippen molar-refractivity contribution in [3.63, 3.8) is 0 Å². The first-order valence-electron chi connectivity index (χ1n) is 5.84. The fourth-order valence-electron chi connectivity index (χ4n) is 1.65. The molecule has 1 heterocycles. The molecule has 0 saturated carbocycles. The average Bonchev–Trinajstić information content (AvgIpc) is 2.66. The van der Waals surface area contributed by atoms with Crippen molar-refractivity contribution in [2.24, 2.45) is 0 Å². The van der Waals surface area contributed by atoms with Crippen LogP contribution in [0.2, 0.25) is 0 Å². The van der Waals surface area contributed by atoms with Crippen molar-refractivity contribution in [2.75, 3.05) is 17.6 Å². The number of benzene rings is 1. The smallest absolute Gasteiger partial charge is 0.263 e. The van der Waals surface area contributed by atoms with E-state index in [4.69, 9.17) is 10.5 Å². The number of sulfonamides is 1. The molecule has 0 saturated heterocycles. The zero-order chi connectivity index (χ0) is 15.8. The monoisotopic (exact) mass is 331 g/mol. The van der Waals surface area contributed by atoms with Gasteiger partial charge in [0.05, 0.1) is 23.4 Å². The van der Waals surface area contributed by atoms with Crippen LogP contribution in [0.3, 0.4) is 0 Å². The minimum atomic E-state index is -3.96. The van der Waals surface area contributed by atoms with Gasteiger partial charge in [0.15, 0.2) is 16.7 Å². The number of methoxy groups -OCH3 is 1. The lowest BCUT2D eigenvalue weighted by atomic mass is 10.3. The Kier molecular flexibility index (Phi) is 4.06. The Bertz CT molecular complexity index is 745. The van der Waals surface area contributed by atoms with Crippen molar-refractivity contribution >= 4 is 32.2 Å². The van der Waals surface area contributed by atoms with E-state index in [0.717, 1.165) is 22.7 Å². The molecule has 1 aromatic carbocycles. The summed E-state index contributed by atoms with van der Waals surface area (Å²) in [5.74, 6) is -1.03. The zero-order valence-electron chi connectivity index (χ0n) is 11.6. The van der Waals surface area contributed by atoms with Crippen LogP contribution < -0.4 is 15.2 Å². The number of aromatic nitrogens is 1. The van der Waals surface area contributed by atoms with Gasteiger partial charge in [-0.25, -0.2) is 17.8 Å². The van der Waals surface area contributed by atoms with Gasteiger partial charge in [-0.3, -0.25) is 4.72 Å². The first-order chi connectivity index (χ1) is 9.74. The molecule has 2 aromatic rings. The summed E-state index contributed by atoms with van der Waals surface area (Å²) in [4.78, 5) is 4.69. The number of nitrogens with zero attached hydrogens (tertiary/aromatic N) is 1. The van der Waals surface area contributed by atoms with E-state index in [9.17, 15) is 12.8 Å². The van der Waals surface area contributed by atoms with Gasteiger partial charge in [0.2, 0.25) is 0 Å². The molecule has 1 aromatic heterocycles. The van der Waals surface area contributed by atoms with E-state index in [0.29, 0.717) is 0 Å². The lowest BCUT2D eigenvalue weighted by Crippen LogP contribution is -2.14. The number of halogens is 1. The SMILES string of the molecule is COc1c(N)cc(S(=O)(=O)Nc2nc(C)c(C)s2)cc1F. The molecular formula is C12H14FN3O3S2. The molecule has 0 atom stereocenters. The van der Waals surface area contributed by atoms with Crippen LogP contribution in [0.1, 0.15) is 10.6 Å². The molecule has 2 rings (SSSR count). The van der Waals surface area contributed by atoms with Crippen molar-refractivity contribution in [1.82, 2.24) is 4.98 Å². The average molecular weight is 331 g/mol. The number of aryl methyl sites for hydroxylation is 2. The minimum Gasteiger partial charge on any atom is -0.492 e. The molecule has 114 valence electrons. The summed E-state index contributed by atoms with van der Waals surface area (Å²) >= 11 is 1.20. The van der Waals surface area contributed by atoms with E-state index in [1.54, 1.807) is 6.92 Å². The molecule has 9 heteroatoms. The molecule has 6 nitrogen and oxygen atoms in total. The number of hydrogen-bond donors (Lipinski definition) is 2. The van der Waals surface area contributed by atoms with Gasteiger partial charge in [-0.05, 0) is 26.0 Å². The van der Waals surface area contributed by atoms with Crippen molar-refractivity contribution in [2.45, 2.75) is 18.7 Å². The highest BCUT2D eigenvalue weighted by molar-refractivity contribution is 7.93. The molecule has 0 unspecified atom stereocenters. The van der Waals surface area contributed by atoms with Gasteiger partial charge < -0.3 is 10.5 Å². The second-order valence-corrected chi connectivity index (χ2v) is 7.18. The van der Waals surface area contributed by atoms with Gasteiger partial charge >= 0.3 is 0 Å². The van der Waals surface area contributed by atoms with Crippen molar-refractivity contribution in [3.8, 4) is 5.75 Å².